The molecular formula is C11H16Cl2N2O. The highest BCUT2D eigenvalue weighted by molar-refractivity contribution is 6.32. The molecule has 0 heterocycles. The zero-order chi connectivity index (χ0) is 12.0. The van der Waals surface area contributed by atoms with Crippen molar-refractivity contribution in [3.05, 3.63) is 28.8 Å². The van der Waals surface area contributed by atoms with Crippen molar-refractivity contribution in [3.63, 3.8) is 0 Å². The summed E-state index contributed by atoms with van der Waals surface area (Å²) < 4.78 is 5.16. The largest absolute Gasteiger partial charge is 0.495 e. The molecule has 90 valence electrons. The summed E-state index contributed by atoms with van der Waals surface area (Å²) in [6, 6.07) is 5.70. The van der Waals surface area contributed by atoms with E-state index in [1.165, 1.54) is 0 Å². The minimum Gasteiger partial charge on any atom is -0.495 e. The van der Waals surface area contributed by atoms with Crippen LogP contribution in [0.3, 0.4) is 0 Å². The van der Waals surface area contributed by atoms with E-state index in [0.29, 0.717) is 16.7 Å². The summed E-state index contributed by atoms with van der Waals surface area (Å²) in [5.74, 6) is 6.79. The second-order valence-corrected chi connectivity index (χ2v) is 4.23. The number of alkyl halides is 1. The Balaban J connectivity index is 2.83. The van der Waals surface area contributed by atoms with E-state index in [4.69, 9.17) is 33.8 Å². The van der Waals surface area contributed by atoms with E-state index < -0.39 is 0 Å². The van der Waals surface area contributed by atoms with Crippen LogP contribution in [0.1, 0.15) is 24.4 Å². The lowest BCUT2D eigenvalue weighted by atomic mass is 10.0. The van der Waals surface area contributed by atoms with Crippen LogP contribution in [0.2, 0.25) is 5.02 Å². The molecule has 0 aliphatic rings. The summed E-state index contributed by atoms with van der Waals surface area (Å²) in [4.78, 5) is 0. The Kier molecular flexibility index (Phi) is 5.91. The zero-order valence-electron chi connectivity index (χ0n) is 9.17. The third-order valence-electron chi connectivity index (χ3n) is 2.41. The predicted molar refractivity (Wildman–Crippen MR) is 68.0 cm³/mol. The van der Waals surface area contributed by atoms with Gasteiger partial charge in [0.15, 0.2) is 0 Å². The molecular weight excluding hydrogens is 247 g/mol. The van der Waals surface area contributed by atoms with Crippen molar-refractivity contribution in [2.75, 3.05) is 13.0 Å². The smallest absolute Gasteiger partial charge is 0.137 e. The molecule has 0 spiro atoms. The van der Waals surface area contributed by atoms with Gasteiger partial charge >= 0.3 is 0 Å². The maximum absolute atomic E-state index is 5.95. The highest BCUT2D eigenvalue weighted by Crippen LogP contribution is 2.29. The van der Waals surface area contributed by atoms with Crippen molar-refractivity contribution < 1.29 is 4.74 Å². The third-order valence-corrected chi connectivity index (χ3v) is 2.98. The van der Waals surface area contributed by atoms with Gasteiger partial charge in [-0.3, -0.25) is 11.3 Å². The Bertz CT molecular complexity index is 334. The first-order valence-electron chi connectivity index (χ1n) is 5.08. The third kappa shape index (κ3) is 3.52. The maximum Gasteiger partial charge on any atom is 0.137 e. The molecule has 5 heteroatoms. The molecule has 3 nitrogen and oxygen atoms in total. The molecule has 1 unspecified atom stereocenters. The fourth-order valence-electron chi connectivity index (χ4n) is 1.52. The van der Waals surface area contributed by atoms with Gasteiger partial charge in [0.25, 0.3) is 0 Å². The van der Waals surface area contributed by atoms with Gasteiger partial charge in [-0.2, -0.15) is 0 Å². The highest BCUT2D eigenvalue weighted by Gasteiger charge is 2.11. The number of halogens is 2. The number of nitrogens with two attached hydrogens (primary N) is 1. The van der Waals surface area contributed by atoms with Crippen molar-refractivity contribution in [1.82, 2.24) is 5.43 Å². The predicted octanol–water partition coefficient (Wildman–Crippen LogP) is 2.87. The first kappa shape index (κ1) is 13.6. The quantitative estimate of drug-likeness (QED) is 0.471. The number of nitrogens with one attached hydrogen (secondary N) is 1. The lowest BCUT2D eigenvalue weighted by Crippen LogP contribution is -2.28. The zero-order valence-corrected chi connectivity index (χ0v) is 10.7. The molecule has 0 amide bonds. The highest BCUT2D eigenvalue weighted by atomic mass is 35.5. The number of methoxy groups -OCH3 is 1. The van der Waals surface area contributed by atoms with Gasteiger partial charge in [0, 0.05) is 11.9 Å². The SMILES string of the molecule is COc1cc(C(CCCCl)NN)ccc1Cl. The minimum atomic E-state index is 0.0740. The van der Waals surface area contributed by atoms with Crippen LogP contribution in [0.25, 0.3) is 0 Å². The van der Waals surface area contributed by atoms with Crippen molar-refractivity contribution in [3.8, 4) is 5.75 Å². The van der Waals surface area contributed by atoms with Crippen LogP contribution in [0, 0.1) is 0 Å². The molecule has 0 fully saturated rings. The number of hydrazine groups is 1. The molecule has 0 saturated heterocycles. The number of ether oxygens (including phenoxy) is 1. The van der Waals surface area contributed by atoms with Gasteiger partial charge in [-0.1, -0.05) is 17.7 Å². The van der Waals surface area contributed by atoms with Gasteiger partial charge < -0.3 is 4.74 Å². The Morgan fingerprint density at radius 2 is 2.25 bits per heavy atom. The van der Waals surface area contributed by atoms with Crippen LogP contribution in [0.4, 0.5) is 0 Å². The van der Waals surface area contributed by atoms with Gasteiger partial charge in [-0.05, 0) is 30.5 Å². The van der Waals surface area contributed by atoms with Crippen molar-refractivity contribution in [2.45, 2.75) is 18.9 Å². The number of rotatable bonds is 6. The van der Waals surface area contributed by atoms with E-state index in [9.17, 15) is 0 Å². The first-order valence-corrected chi connectivity index (χ1v) is 5.99. The van der Waals surface area contributed by atoms with Crippen molar-refractivity contribution in [1.29, 1.82) is 0 Å². The minimum absolute atomic E-state index is 0.0740. The molecule has 1 rings (SSSR count). The Morgan fingerprint density at radius 3 is 2.81 bits per heavy atom. The van der Waals surface area contributed by atoms with E-state index in [1.54, 1.807) is 13.2 Å². The number of hydrogen-bond acceptors (Lipinski definition) is 3. The summed E-state index contributed by atoms with van der Waals surface area (Å²) in [5, 5.41) is 0.597. The molecule has 0 aromatic heterocycles. The lowest BCUT2D eigenvalue weighted by Gasteiger charge is -2.16. The van der Waals surface area contributed by atoms with Gasteiger partial charge in [0.1, 0.15) is 5.75 Å². The molecule has 16 heavy (non-hydrogen) atoms. The molecule has 3 N–H and O–H groups in total. The van der Waals surface area contributed by atoms with Crippen LogP contribution in [-0.4, -0.2) is 13.0 Å². The van der Waals surface area contributed by atoms with Crippen LogP contribution >= 0.6 is 23.2 Å². The van der Waals surface area contributed by atoms with E-state index >= 15 is 0 Å². The molecule has 0 saturated carbocycles. The molecule has 0 aliphatic carbocycles. The van der Waals surface area contributed by atoms with Crippen LogP contribution in [0.5, 0.6) is 5.75 Å². The second-order valence-electron chi connectivity index (χ2n) is 3.44. The molecule has 1 aromatic rings. The second kappa shape index (κ2) is 6.97. The van der Waals surface area contributed by atoms with Crippen LogP contribution in [0.15, 0.2) is 18.2 Å². The summed E-state index contributed by atoms with van der Waals surface area (Å²) in [7, 11) is 1.59. The molecule has 1 aromatic carbocycles. The summed E-state index contributed by atoms with van der Waals surface area (Å²) in [6.07, 6.45) is 1.78. The fraction of sp³-hybridized carbons (Fsp3) is 0.455. The van der Waals surface area contributed by atoms with Crippen LogP contribution in [-0.2, 0) is 0 Å². The summed E-state index contributed by atoms with van der Waals surface area (Å²) >= 11 is 11.6. The van der Waals surface area contributed by atoms with Crippen molar-refractivity contribution >= 4 is 23.2 Å². The van der Waals surface area contributed by atoms with Gasteiger partial charge in [0.2, 0.25) is 0 Å². The Labute approximate surface area is 106 Å². The fourth-order valence-corrected chi connectivity index (χ4v) is 1.87. The summed E-state index contributed by atoms with van der Waals surface area (Å²) in [6.45, 7) is 0. The number of benzene rings is 1. The van der Waals surface area contributed by atoms with Gasteiger partial charge in [-0.25, -0.2) is 0 Å². The van der Waals surface area contributed by atoms with Gasteiger partial charge in [-0.15, -0.1) is 11.6 Å². The van der Waals surface area contributed by atoms with E-state index in [0.717, 1.165) is 18.4 Å². The first-order chi connectivity index (χ1) is 7.72. The Hall–Kier alpha value is -0.480. The molecule has 0 aliphatic heterocycles. The van der Waals surface area contributed by atoms with E-state index in [-0.39, 0.29) is 6.04 Å². The average molecular weight is 263 g/mol. The van der Waals surface area contributed by atoms with Crippen LogP contribution < -0.4 is 16.0 Å². The van der Waals surface area contributed by atoms with E-state index in [2.05, 4.69) is 5.43 Å². The monoisotopic (exact) mass is 262 g/mol. The summed E-state index contributed by atoms with van der Waals surface area (Å²) in [5.41, 5.74) is 3.82. The van der Waals surface area contributed by atoms with Crippen molar-refractivity contribution in [2.24, 2.45) is 5.84 Å². The van der Waals surface area contributed by atoms with Gasteiger partial charge in [0.05, 0.1) is 12.1 Å². The molecule has 0 bridgehead atoms. The average Bonchev–Trinajstić information content (AvgIpc) is 2.32. The Morgan fingerprint density at radius 1 is 1.50 bits per heavy atom. The number of hydrogen-bond donors (Lipinski definition) is 2. The normalized spacial score (nSPS) is 12.5. The molecule has 0 radical (unpaired) electrons. The van der Waals surface area contributed by atoms with E-state index in [1.807, 2.05) is 12.1 Å². The standard InChI is InChI=1S/C11H16Cl2N2O/c1-16-11-7-8(4-5-9(11)13)10(15-14)3-2-6-12/h4-5,7,10,15H,2-3,6,14H2,1H3. The molecule has 1 atom stereocenters. The maximum atomic E-state index is 5.95. The lowest BCUT2D eigenvalue weighted by molar-refractivity contribution is 0.412. The topological polar surface area (TPSA) is 47.3 Å².